The largest absolute Gasteiger partial charge is 0.457 e. The highest BCUT2D eigenvalue weighted by atomic mass is 19.1. The number of hydrogen-bond acceptors (Lipinski definition) is 2. The summed E-state index contributed by atoms with van der Waals surface area (Å²) in [4.78, 5) is 0. The fraction of sp³-hybridized carbons (Fsp3) is 0.333. The first-order valence-electron chi connectivity index (χ1n) is 7.35. The standard InChI is InChI=1S/C18H22FNO/c1-4-11-20-12-15-16(19)8-6-10-18(15)21-17-9-5-7-13(2)14(17)3/h5-10,20H,4,11-12H2,1-3H3. The summed E-state index contributed by atoms with van der Waals surface area (Å²) in [5.74, 6) is 1.12. The SMILES string of the molecule is CCCNCc1c(F)cccc1Oc1cccc(C)c1C. The van der Waals surface area contributed by atoms with Gasteiger partial charge in [-0.1, -0.05) is 25.1 Å². The summed E-state index contributed by atoms with van der Waals surface area (Å²) in [6.07, 6.45) is 1.02. The van der Waals surface area contributed by atoms with E-state index in [1.807, 2.05) is 38.1 Å². The van der Waals surface area contributed by atoms with E-state index in [1.165, 1.54) is 6.07 Å². The monoisotopic (exact) mass is 287 g/mol. The zero-order valence-electron chi connectivity index (χ0n) is 12.9. The van der Waals surface area contributed by atoms with Crippen LogP contribution in [0.15, 0.2) is 36.4 Å². The number of benzene rings is 2. The van der Waals surface area contributed by atoms with Gasteiger partial charge in [-0.3, -0.25) is 0 Å². The molecular weight excluding hydrogens is 265 g/mol. The molecule has 0 spiro atoms. The lowest BCUT2D eigenvalue weighted by atomic mass is 10.1. The molecule has 0 radical (unpaired) electrons. The number of hydrogen-bond donors (Lipinski definition) is 1. The molecule has 2 aromatic carbocycles. The van der Waals surface area contributed by atoms with Gasteiger partial charge in [-0.15, -0.1) is 0 Å². The van der Waals surface area contributed by atoms with Crippen LogP contribution in [-0.4, -0.2) is 6.54 Å². The Balaban J connectivity index is 2.27. The van der Waals surface area contributed by atoms with Crippen LogP contribution < -0.4 is 10.1 Å². The van der Waals surface area contributed by atoms with E-state index in [1.54, 1.807) is 6.07 Å². The average molecular weight is 287 g/mol. The van der Waals surface area contributed by atoms with Gasteiger partial charge in [0, 0.05) is 12.1 Å². The van der Waals surface area contributed by atoms with Crippen LogP contribution >= 0.6 is 0 Å². The van der Waals surface area contributed by atoms with Gasteiger partial charge in [0.15, 0.2) is 0 Å². The van der Waals surface area contributed by atoms with E-state index in [4.69, 9.17) is 4.74 Å². The minimum atomic E-state index is -0.235. The van der Waals surface area contributed by atoms with Crippen molar-refractivity contribution in [2.45, 2.75) is 33.7 Å². The van der Waals surface area contributed by atoms with Gasteiger partial charge in [0.25, 0.3) is 0 Å². The molecule has 2 rings (SSSR count). The van der Waals surface area contributed by atoms with Crippen LogP contribution in [0.1, 0.15) is 30.0 Å². The first-order chi connectivity index (χ1) is 10.1. The zero-order chi connectivity index (χ0) is 15.2. The summed E-state index contributed by atoms with van der Waals surface area (Å²) in [7, 11) is 0. The fourth-order valence-electron chi connectivity index (χ4n) is 2.15. The predicted molar refractivity (Wildman–Crippen MR) is 84.4 cm³/mol. The molecule has 0 amide bonds. The molecule has 3 heteroatoms. The molecule has 0 atom stereocenters. The minimum Gasteiger partial charge on any atom is -0.457 e. The molecule has 0 fully saturated rings. The van der Waals surface area contributed by atoms with Crippen LogP contribution in [-0.2, 0) is 6.54 Å². The number of halogens is 1. The lowest BCUT2D eigenvalue weighted by Crippen LogP contribution is -2.15. The first kappa shape index (κ1) is 15.5. The van der Waals surface area contributed by atoms with E-state index in [0.29, 0.717) is 17.9 Å². The second-order valence-electron chi connectivity index (χ2n) is 5.19. The molecule has 0 bridgehead atoms. The van der Waals surface area contributed by atoms with Gasteiger partial charge in [-0.2, -0.15) is 0 Å². The van der Waals surface area contributed by atoms with Crippen LogP contribution in [0.2, 0.25) is 0 Å². The van der Waals surface area contributed by atoms with E-state index in [0.717, 1.165) is 29.8 Å². The molecule has 0 aromatic heterocycles. The van der Waals surface area contributed by atoms with E-state index in [2.05, 4.69) is 12.2 Å². The molecule has 112 valence electrons. The van der Waals surface area contributed by atoms with Crippen molar-refractivity contribution in [1.29, 1.82) is 0 Å². The molecule has 0 unspecified atom stereocenters. The lowest BCUT2D eigenvalue weighted by Gasteiger charge is -2.15. The minimum absolute atomic E-state index is 0.235. The Morgan fingerprint density at radius 3 is 2.52 bits per heavy atom. The first-order valence-corrected chi connectivity index (χ1v) is 7.35. The number of aryl methyl sites for hydroxylation is 1. The van der Waals surface area contributed by atoms with Crippen molar-refractivity contribution in [3.63, 3.8) is 0 Å². The maximum absolute atomic E-state index is 14.0. The van der Waals surface area contributed by atoms with Gasteiger partial charge in [0.2, 0.25) is 0 Å². The topological polar surface area (TPSA) is 21.3 Å². The second-order valence-corrected chi connectivity index (χ2v) is 5.19. The van der Waals surface area contributed by atoms with Gasteiger partial charge in [0.1, 0.15) is 17.3 Å². The van der Waals surface area contributed by atoms with Crippen molar-refractivity contribution in [2.75, 3.05) is 6.54 Å². The van der Waals surface area contributed by atoms with E-state index >= 15 is 0 Å². The van der Waals surface area contributed by atoms with Crippen molar-refractivity contribution in [1.82, 2.24) is 5.32 Å². The smallest absolute Gasteiger partial charge is 0.134 e. The highest BCUT2D eigenvalue weighted by Crippen LogP contribution is 2.30. The third-order valence-electron chi connectivity index (χ3n) is 3.58. The van der Waals surface area contributed by atoms with Gasteiger partial charge < -0.3 is 10.1 Å². The molecule has 0 saturated carbocycles. The summed E-state index contributed by atoms with van der Waals surface area (Å²) in [5.41, 5.74) is 2.82. The van der Waals surface area contributed by atoms with Crippen molar-refractivity contribution < 1.29 is 9.13 Å². The van der Waals surface area contributed by atoms with Crippen molar-refractivity contribution in [3.05, 3.63) is 58.9 Å². The highest BCUT2D eigenvalue weighted by molar-refractivity contribution is 5.44. The van der Waals surface area contributed by atoms with E-state index in [-0.39, 0.29) is 5.82 Å². The number of ether oxygens (including phenoxy) is 1. The van der Waals surface area contributed by atoms with Crippen molar-refractivity contribution in [2.24, 2.45) is 0 Å². The second kappa shape index (κ2) is 7.23. The van der Waals surface area contributed by atoms with Crippen LogP contribution in [0.25, 0.3) is 0 Å². The molecule has 2 aromatic rings. The average Bonchev–Trinajstić information content (AvgIpc) is 2.47. The third-order valence-corrected chi connectivity index (χ3v) is 3.58. The van der Waals surface area contributed by atoms with Crippen LogP contribution in [0, 0.1) is 19.7 Å². The maximum Gasteiger partial charge on any atom is 0.134 e. The number of nitrogens with one attached hydrogen (secondary N) is 1. The molecular formula is C18H22FNO. The Bertz CT molecular complexity index is 610. The van der Waals surface area contributed by atoms with Gasteiger partial charge >= 0.3 is 0 Å². The Morgan fingerprint density at radius 2 is 1.76 bits per heavy atom. The molecule has 0 aliphatic carbocycles. The van der Waals surface area contributed by atoms with Crippen molar-refractivity contribution >= 4 is 0 Å². The Kier molecular flexibility index (Phi) is 5.34. The van der Waals surface area contributed by atoms with E-state index < -0.39 is 0 Å². The summed E-state index contributed by atoms with van der Waals surface area (Å²) in [5, 5.41) is 3.22. The predicted octanol–water partition coefficient (Wildman–Crippen LogP) is 4.73. The normalized spacial score (nSPS) is 10.7. The summed E-state index contributed by atoms with van der Waals surface area (Å²) >= 11 is 0. The van der Waals surface area contributed by atoms with Gasteiger partial charge in [-0.05, 0) is 56.1 Å². The summed E-state index contributed by atoms with van der Waals surface area (Å²) in [6.45, 7) is 7.47. The van der Waals surface area contributed by atoms with Crippen molar-refractivity contribution in [3.8, 4) is 11.5 Å². The quantitative estimate of drug-likeness (QED) is 0.775. The van der Waals surface area contributed by atoms with Crippen LogP contribution in [0.5, 0.6) is 11.5 Å². The molecule has 21 heavy (non-hydrogen) atoms. The van der Waals surface area contributed by atoms with Crippen LogP contribution in [0.3, 0.4) is 0 Å². The zero-order valence-corrected chi connectivity index (χ0v) is 12.9. The fourth-order valence-corrected chi connectivity index (χ4v) is 2.15. The highest BCUT2D eigenvalue weighted by Gasteiger charge is 2.11. The van der Waals surface area contributed by atoms with E-state index in [9.17, 15) is 4.39 Å². The third kappa shape index (κ3) is 3.82. The molecule has 0 heterocycles. The summed E-state index contributed by atoms with van der Waals surface area (Å²) in [6, 6.07) is 10.9. The van der Waals surface area contributed by atoms with Gasteiger partial charge in [0.05, 0.1) is 0 Å². The molecule has 0 saturated heterocycles. The Morgan fingerprint density at radius 1 is 1.05 bits per heavy atom. The lowest BCUT2D eigenvalue weighted by molar-refractivity contribution is 0.458. The Hall–Kier alpha value is -1.87. The maximum atomic E-state index is 14.0. The van der Waals surface area contributed by atoms with Crippen LogP contribution in [0.4, 0.5) is 4.39 Å². The Labute approximate surface area is 126 Å². The molecule has 1 N–H and O–H groups in total. The molecule has 0 aliphatic rings. The molecule has 2 nitrogen and oxygen atoms in total. The number of rotatable bonds is 6. The van der Waals surface area contributed by atoms with Gasteiger partial charge in [-0.25, -0.2) is 4.39 Å². The molecule has 0 aliphatic heterocycles. The summed E-state index contributed by atoms with van der Waals surface area (Å²) < 4.78 is 20.0.